The molecule has 2 N–H and O–H groups in total. The molecule has 1 aromatic carbocycles. The van der Waals surface area contributed by atoms with E-state index in [1.165, 1.54) is 55.4 Å². The number of halogens is 2. The number of hydrogen-bond acceptors (Lipinski definition) is 7. The molecule has 4 rings (SSSR count). The number of carbonyl (C=O) groups excluding carboxylic acids is 1. The fourth-order valence-electron chi connectivity index (χ4n) is 4.35. The summed E-state index contributed by atoms with van der Waals surface area (Å²) in [6, 6.07) is 3.63. The van der Waals surface area contributed by atoms with Crippen molar-refractivity contribution >= 4 is 34.6 Å². The number of ketones is 1. The van der Waals surface area contributed by atoms with Gasteiger partial charge in [0, 0.05) is 11.5 Å². The van der Waals surface area contributed by atoms with Crippen molar-refractivity contribution in [2.24, 2.45) is 22.6 Å². The van der Waals surface area contributed by atoms with Gasteiger partial charge in [0.2, 0.25) is 5.88 Å². The molecule has 3 unspecified atom stereocenters. The molecule has 9 heteroatoms. The molecule has 0 bridgehead atoms. The lowest BCUT2D eigenvalue weighted by molar-refractivity contribution is -0.117. The first-order valence-electron chi connectivity index (χ1n) is 10.3. The SMILES string of the molecule is C#CC(C)Oc1cnc(/C(F)=C/c2ccc(F)c(C3N=C(N)S[C@]4(C(C)=O)C3[C@@H]4C)c2)cn1. The lowest BCUT2D eigenvalue weighted by Crippen LogP contribution is -2.30. The number of carbonyl (C=O) groups is 1. The van der Waals surface area contributed by atoms with Gasteiger partial charge in [0.05, 0.1) is 23.2 Å². The third-order valence-corrected chi connectivity index (χ3v) is 7.65. The van der Waals surface area contributed by atoms with Gasteiger partial charge in [-0.25, -0.2) is 18.7 Å². The van der Waals surface area contributed by atoms with Crippen LogP contribution in [0.2, 0.25) is 0 Å². The molecule has 1 aromatic heterocycles. The molecule has 0 radical (unpaired) electrons. The number of Topliss-reactive ketones (excluding diaryl/α,β-unsaturated/α-hetero) is 1. The summed E-state index contributed by atoms with van der Waals surface area (Å²) in [5.41, 5.74) is 6.67. The number of benzene rings is 1. The molecule has 2 aromatic rings. The predicted octanol–water partition coefficient (Wildman–Crippen LogP) is 4.18. The molecule has 1 saturated carbocycles. The Balaban J connectivity index is 1.62. The number of nitrogens with zero attached hydrogens (tertiary/aromatic N) is 3. The summed E-state index contributed by atoms with van der Waals surface area (Å²) in [5.74, 6) is 1.26. The molecular weight excluding hydrogens is 446 g/mol. The number of hydrogen-bond donors (Lipinski definition) is 1. The number of amidine groups is 1. The highest BCUT2D eigenvalue weighted by Crippen LogP contribution is 2.68. The van der Waals surface area contributed by atoms with E-state index in [4.69, 9.17) is 16.9 Å². The lowest BCUT2D eigenvalue weighted by atomic mass is 9.97. The van der Waals surface area contributed by atoms with E-state index >= 15 is 0 Å². The highest BCUT2D eigenvalue weighted by molar-refractivity contribution is 8.15. The number of thioether (sulfide) groups is 1. The van der Waals surface area contributed by atoms with Crippen LogP contribution < -0.4 is 10.5 Å². The van der Waals surface area contributed by atoms with Crippen LogP contribution in [0.4, 0.5) is 8.78 Å². The van der Waals surface area contributed by atoms with Crippen LogP contribution >= 0.6 is 11.8 Å². The quantitative estimate of drug-likeness (QED) is 0.640. The second-order valence-electron chi connectivity index (χ2n) is 8.12. The van der Waals surface area contributed by atoms with E-state index in [2.05, 4.69) is 20.9 Å². The number of nitrogens with two attached hydrogens (primary N) is 1. The Morgan fingerprint density at radius 1 is 1.39 bits per heavy atom. The molecule has 33 heavy (non-hydrogen) atoms. The Hall–Kier alpha value is -3.25. The number of terminal acetylenes is 1. The van der Waals surface area contributed by atoms with Gasteiger partial charge in [-0.1, -0.05) is 30.7 Å². The highest BCUT2D eigenvalue weighted by atomic mass is 32.2. The van der Waals surface area contributed by atoms with Gasteiger partial charge >= 0.3 is 0 Å². The Bertz CT molecular complexity index is 1210. The van der Waals surface area contributed by atoms with Gasteiger partial charge < -0.3 is 10.5 Å². The molecule has 1 aliphatic carbocycles. The zero-order valence-corrected chi connectivity index (χ0v) is 19.1. The topological polar surface area (TPSA) is 90.5 Å². The van der Waals surface area contributed by atoms with Gasteiger partial charge in [-0.15, -0.1) is 6.42 Å². The van der Waals surface area contributed by atoms with Crippen molar-refractivity contribution < 1.29 is 18.3 Å². The number of ether oxygens (including phenoxy) is 1. The standard InChI is InChI=1S/C24H22F2N4O2S/c1-5-12(2)32-20-11-28-19(10-29-20)18(26)9-15-6-7-17(25)16(8-15)22-21-13(3)24(21,14(4)31)33-23(27)30-22/h1,6-13,21-22H,2-4H3,(H2,27,30)/b18-9-/t12?,13-,21?,22?,24+/m0/s1. The third-order valence-electron chi connectivity index (χ3n) is 6.07. The van der Waals surface area contributed by atoms with Crippen molar-refractivity contribution in [1.29, 1.82) is 0 Å². The lowest BCUT2D eigenvalue weighted by Gasteiger charge is -2.24. The average Bonchev–Trinajstić information content (AvgIpc) is 3.40. The van der Waals surface area contributed by atoms with E-state index in [9.17, 15) is 13.6 Å². The summed E-state index contributed by atoms with van der Waals surface area (Å²) in [4.78, 5) is 24.8. The van der Waals surface area contributed by atoms with E-state index in [-0.39, 0.29) is 39.9 Å². The monoisotopic (exact) mass is 468 g/mol. The summed E-state index contributed by atoms with van der Waals surface area (Å²) in [7, 11) is 0. The van der Waals surface area contributed by atoms with Crippen molar-refractivity contribution in [1.82, 2.24) is 9.97 Å². The first-order chi connectivity index (χ1) is 15.7. The van der Waals surface area contributed by atoms with Crippen molar-refractivity contribution in [3.05, 3.63) is 53.2 Å². The summed E-state index contributed by atoms with van der Waals surface area (Å²) in [6.45, 7) is 5.14. The van der Waals surface area contributed by atoms with Crippen molar-refractivity contribution in [3.8, 4) is 18.2 Å². The van der Waals surface area contributed by atoms with Crippen molar-refractivity contribution in [2.45, 2.75) is 37.7 Å². The highest BCUT2D eigenvalue weighted by Gasteiger charge is 2.71. The van der Waals surface area contributed by atoms with E-state index in [0.717, 1.165) is 0 Å². The first-order valence-corrected chi connectivity index (χ1v) is 11.1. The minimum atomic E-state index is -0.684. The van der Waals surface area contributed by atoms with Crippen molar-refractivity contribution in [3.63, 3.8) is 0 Å². The Morgan fingerprint density at radius 2 is 2.15 bits per heavy atom. The summed E-state index contributed by atoms with van der Waals surface area (Å²) < 4.78 is 34.3. The minimum Gasteiger partial charge on any atom is -0.460 e. The van der Waals surface area contributed by atoms with Crippen LogP contribution in [0.15, 0.2) is 35.6 Å². The Morgan fingerprint density at radius 3 is 2.79 bits per heavy atom. The molecule has 2 heterocycles. The maximum absolute atomic E-state index is 14.8. The minimum absolute atomic E-state index is 0.00155. The molecule has 6 nitrogen and oxygen atoms in total. The number of aliphatic imine (C=N–C) groups is 1. The van der Waals surface area contributed by atoms with Gasteiger partial charge in [-0.3, -0.25) is 9.79 Å². The molecular formula is C24H22F2N4O2S. The van der Waals surface area contributed by atoms with Crippen LogP contribution in [-0.4, -0.2) is 31.8 Å². The van der Waals surface area contributed by atoms with E-state index in [1.807, 2.05) is 6.92 Å². The molecule has 0 amide bonds. The van der Waals surface area contributed by atoms with E-state index in [1.54, 1.807) is 6.92 Å². The van der Waals surface area contributed by atoms with Gasteiger partial charge in [0.1, 0.15) is 17.3 Å². The second-order valence-corrected chi connectivity index (χ2v) is 9.42. The van der Waals surface area contributed by atoms with E-state index in [0.29, 0.717) is 5.56 Å². The van der Waals surface area contributed by atoms with E-state index < -0.39 is 28.5 Å². The van der Waals surface area contributed by atoms with Crippen molar-refractivity contribution in [2.75, 3.05) is 0 Å². The summed E-state index contributed by atoms with van der Waals surface area (Å²) in [5, 5.41) is 0.249. The molecule has 170 valence electrons. The number of aromatic nitrogens is 2. The zero-order valence-electron chi connectivity index (χ0n) is 18.3. The smallest absolute Gasteiger partial charge is 0.233 e. The molecule has 0 spiro atoms. The fourth-order valence-corrected chi connectivity index (χ4v) is 5.74. The second kappa shape index (κ2) is 8.60. The molecule has 5 atom stereocenters. The van der Waals surface area contributed by atoms with Gasteiger partial charge in [-0.05, 0) is 43.5 Å². The van der Waals surface area contributed by atoms with Gasteiger partial charge in [0.25, 0.3) is 0 Å². The van der Waals surface area contributed by atoms with Crippen LogP contribution in [0, 0.1) is 30.0 Å². The van der Waals surface area contributed by atoms with Crippen LogP contribution in [-0.2, 0) is 4.79 Å². The van der Waals surface area contributed by atoms with Crippen LogP contribution in [0.5, 0.6) is 5.88 Å². The molecule has 0 saturated heterocycles. The molecule has 1 aliphatic heterocycles. The van der Waals surface area contributed by atoms with Gasteiger partial charge in [-0.2, -0.15) is 0 Å². The maximum atomic E-state index is 14.8. The van der Waals surface area contributed by atoms with Gasteiger partial charge in [0.15, 0.2) is 17.1 Å². The summed E-state index contributed by atoms with van der Waals surface area (Å²) in [6.07, 6.45) is 8.50. The Labute approximate surface area is 194 Å². The first kappa shape index (κ1) is 22.9. The maximum Gasteiger partial charge on any atom is 0.233 e. The number of fused-ring (bicyclic) bond motifs is 1. The molecule has 2 aliphatic rings. The predicted molar refractivity (Wildman–Crippen MR) is 124 cm³/mol. The summed E-state index contributed by atoms with van der Waals surface area (Å²) >= 11 is 1.25. The normalized spacial score (nSPS) is 27.1. The fraction of sp³-hybridized carbons (Fsp3) is 0.333. The number of rotatable bonds is 6. The molecule has 1 fully saturated rings. The van der Waals surface area contributed by atoms with Crippen LogP contribution in [0.3, 0.4) is 0 Å². The zero-order chi connectivity index (χ0) is 23.9. The van der Waals surface area contributed by atoms with Crippen LogP contribution in [0.25, 0.3) is 11.9 Å². The third kappa shape index (κ3) is 4.11. The average molecular weight is 469 g/mol. The largest absolute Gasteiger partial charge is 0.460 e. The van der Waals surface area contributed by atoms with Crippen LogP contribution in [0.1, 0.15) is 43.6 Å². The Kier molecular flexibility index (Phi) is 5.97.